The lowest BCUT2D eigenvalue weighted by Crippen LogP contribution is -2.53. The van der Waals surface area contributed by atoms with Gasteiger partial charge in [0.05, 0.1) is 11.1 Å². The molecule has 2 rings (SSSR count). The molecule has 2 heterocycles. The van der Waals surface area contributed by atoms with Gasteiger partial charge >= 0.3 is 0 Å². The molecule has 5 heteroatoms. The van der Waals surface area contributed by atoms with Crippen LogP contribution in [0.2, 0.25) is 5.02 Å². The summed E-state index contributed by atoms with van der Waals surface area (Å²) in [7, 11) is 0. The van der Waals surface area contributed by atoms with Crippen molar-refractivity contribution in [3.8, 4) is 0 Å². The molecular weight excluding hydrogens is 250 g/mol. The number of halogens is 1. The van der Waals surface area contributed by atoms with Crippen LogP contribution >= 0.6 is 11.6 Å². The highest BCUT2D eigenvalue weighted by molar-refractivity contribution is 6.30. The zero-order valence-electron chi connectivity index (χ0n) is 10.7. The summed E-state index contributed by atoms with van der Waals surface area (Å²) >= 11 is 5.75. The third-order valence-electron chi connectivity index (χ3n) is 3.37. The molecule has 0 aromatic carbocycles. The first-order valence-corrected chi connectivity index (χ1v) is 6.53. The molecule has 18 heavy (non-hydrogen) atoms. The zero-order valence-corrected chi connectivity index (χ0v) is 11.4. The van der Waals surface area contributed by atoms with Gasteiger partial charge in [0.1, 0.15) is 5.82 Å². The first-order valence-electron chi connectivity index (χ1n) is 6.15. The Morgan fingerprint density at radius 1 is 1.56 bits per heavy atom. The van der Waals surface area contributed by atoms with Crippen molar-refractivity contribution in [1.29, 1.82) is 0 Å². The standard InChI is InChI=1S/C13H18ClN3O/c1-13(2)6-3-7-15-11(13)12(18)17-10-5-4-9(14)8-16-10/h4-5,8,11,15H,3,6-7H2,1-2H3,(H,16,17,18). The van der Waals surface area contributed by atoms with E-state index >= 15 is 0 Å². The minimum Gasteiger partial charge on any atom is -0.309 e. The summed E-state index contributed by atoms with van der Waals surface area (Å²) in [4.78, 5) is 16.3. The summed E-state index contributed by atoms with van der Waals surface area (Å²) < 4.78 is 0. The topological polar surface area (TPSA) is 54.0 Å². The minimum absolute atomic E-state index is 0.0328. The minimum atomic E-state index is -0.177. The van der Waals surface area contributed by atoms with Crippen LogP contribution in [0.3, 0.4) is 0 Å². The lowest BCUT2D eigenvalue weighted by atomic mass is 9.77. The van der Waals surface area contributed by atoms with Crippen molar-refractivity contribution in [3.63, 3.8) is 0 Å². The van der Waals surface area contributed by atoms with Gasteiger partial charge in [0.15, 0.2) is 0 Å². The van der Waals surface area contributed by atoms with Gasteiger partial charge < -0.3 is 10.6 Å². The normalized spacial score (nSPS) is 22.5. The molecule has 2 N–H and O–H groups in total. The molecule has 1 unspecified atom stereocenters. The number of hydrogen-bond donors (Lipinski definition) is 2. The van der Waals surface area contributed by atoms with Crippen molar-refractivity contribution in [2.75, 3.05) is 11.9 Å². The van der Waals surface area contributed by atoms with Gasteiger partial charge in [-0.1, -0.05) is 25.4 Å². The summed E-state index contributed by atoms with van der Waals surface area (Å²) in [5.41, 5.74) is -0.0330. The second-order valence-electron chi connectivity index (χ2n) is 5.33. The molecule has 0 radical (unpaired) electrons. The predicted molar refractivity (Wildman–Crippen MR) is 72.7 cm³/mol. The molecule has 0 saturated carbocycles. The maximum atomic E-state index is 12.2. The molecule has 1 fully saturated rings. The van der Waals surface area contributed by atoms with Gasteiger partial charge in [0, 0.05) is 6.20 Å². The van der Waals surface area contributed by atoms with Gasteiger partial charge in [-0.05, 0) is 36.9 Å². The van der Waals surface area contributed by atoms with Crippen LogP contribution in [0.4, 0.5) is 5.82 Å². The van der Waals surface area contributed by atoms with Crippen LogP contribution in [0, 0.1) is 5.41 Å². The van der Waals surface area contributed by atoms with E-state index in [4.69, 9.17) is 11.6 Å². The van der Waals surface area contributed by atoms with E-state index in [0.29, 0.717) is 10.8 Å². The zero-order chi connectivity index (χ0) is 13.2. The van der Waals surface area contributed by atoms with Crippen molar-refractivity contribution >= 4 is 23.3 Å². The number of anilines is 1. The van der Waals surface area contributed by atoms with E-state index in [9.17, 15) is 4.79 Å². The second kappa shape index (κ2) is 5.24. The number of hydrogen-bond acceptors (Lipinski definition) is 3. The SMILES string of the molecule is CC1(C)CCCNC1C(=O)Nc1ccc(Cl)cn1. The quantitative estimate of drug-likeness (QED) is 0.865. The highest BCUT2D eigenvalue weighted by atomic mass is 35.5. The smallest absolute Gasteiger partial charge is 0.243 e. The van der Waals surface area contributed by atoms with Gasteiger partial charge in [-0.3, -0.25) is 4.79 Å². The lowest BCUT2D eigenvalue weighted by Gasteiger charge is -2.38. The Hall–Kier alpha value is -1.13. The molecule has 1 atom stereocenters. The fourth-order valence-corrected chi connectivity index (χ4v) is 2.42. The Kier molecular flexibility index (Phi) is 3.88. The lowest BCUT2D eigenvalue weighted by molar-refractivity contribution is -0.121. The number of amides is 1. The Morgan fingerprint density at radius 3 is 2.94 bits per heavy atom. The van der Waals surface area contributed by atoms with E-state index in [0.717, 1.165) is 19.4 Å². The van der Waals surface area contributed by atoms with Gasteiger partial charge in [0.25, 0.3) is 0 Å². The number of carbonyl (C=O) groups excluding carboxylic acids is 1. The van der Waals surface area contributed by atoms with Crippen molar-refractivity contribution in [1.82, 2.24) is 10.3 Å². The maximum absolute atomic E-state index is 12.2. The number of rotatable bonds is 2. The Labute approximate surface area is 112 Å². The fraction of sp³-hybridized carbons (Fsp3) is 0.538. The van der Waals surface area contributed by atoms with Crippen molar-refractivity contribution in [2.45, 2.75) is 32.7 Å². The molecule has 0 bridgehead atoms. The first kappa shape index (κ1) is 13.3. The van der Waals surface area contributed by atoms with Crippen LogP contribution in [0.15, 0.2) is 18.3 Å². The van der Waals surface area contributed by atoms with E-state index < -0.39 is 0 Å². The average Bonchev–Trinajstić information content (AvgIpc) is 2.31. The van der Waals surface area contributed by atoms with Crippen LogP contribution < -0.4 is 10.6 Å². The van der Waals surface area contributed by atoms with Crippen LogP contribution in [-0.2, 0) is 4.79 Å². The highest BCUT2D eigenvalue weighted by Crippen LogP contribution is 2.30. The monoisotopic (exact) mass is 267 g/mol. The molecule has 1 aromatic rings. The van der Waals surface area contributed by atoms with Crippen LogP contribution in [0.1, 0.15) is 26.7 Å². The molecule has 0 aliphatic carbocycles. The maximum Gasteiger partial charge on any atom is 0.243 e. The Bertz CT molecular complexity index is 430. The molecule has 1 aliphatic heterocycles. The number of nitrogens with zero attached hydrogens (tertiary/aromatic N) is 1. The molecule has 4 nitrogen and oxygen atoms in total. The van der Waals surface area contributed by atoms with Gasteiger partial charge in [-0.25, -0.2) is 4.98 Å². The van der Waals surface area contributed by atoms with Crippen molar-refractivity contribution in [3.05, 3.63) is 23.4 Å². The van der Waals surface area contributed by atoms with Crippen LogP contribution in [-0.4, -0.2) is 23.5 Å². The summed E-state index contributed by atoms with van der Waals surface area (Å²) in [6, 6.07) is 3.24. The van der Waals surface area contributed by atoms with E-state index in [1.807, 2.05) is 0 Å². The number of carbonyl (C=O) groups is 1. The number of aromatic nitrogens is 1. The van der Waals surface area contributed by atoms with Crippen LogP contribution in [0.25, 0.3) is 0 Å². The first-order chi connectivity index (χ1) is 8.49. The van der Waals surface area contributed by atoms with Crippen molar-refractivity contribution in [2.24, 2.45) is 5.41 Å². The fourth-order valence-electron chi connectivity index (χ4n) is 2.31. The average molecular weight is 268 g/mol. The molecule has 0 spiro atoms. The third-order valence-corrected chi connectivity index (χ3v) is 3.59. The molecular formula is C13H18ClN3O. The van der Waals surface area contributed by atoms with Gasteiger partial charge in [0.2, 0.25) is 5.91 Å². The molecule has 98 valence electrons. The number of nitrogens with one attached hydrogen (secondary N) is 2. The van der Waals surface area contributed by atoms with Gasteiger partial charge in [-0.2, -0.15) is 0 Å². The Morgan fingerprint density at radius 2 is 2.33 bits per heavy atom. The number of piperidine rings is 1. The van der Waals surface area contributed by atoms with Gasteiger partial charge in [-0.15, -0.1) is 0 Å². The number of pyridine rings is 1. The largest absolute Gasteiger partial charge is 0.309 e. The van der Waals surface area contributed by atoms with E-state index in [1.165, 1.54) is 6.20 Å². The summed E-state index contributed by atoms with van der Waals surface area (Å²) in [5, 5.41) is 6.66. The highest BCUT2D eigenvalue weighted by Gasteiger charge is 2.37. The summed E-state index contributed by atoms with van der Waals surface area (Å²) in [5.74, 6) is 0.502. The second-order valence-corrected chi connectivity index (χ2v) is 5.77. The molecule has 1 saturated heterocycles. The molecule has 1 amide bonds. The third kappa shape index (κ3) is 3.00. The van der Waals surface area contributed by atoms with E-state index in [-0.39, 0.29) is 17.4 Å². The summed E-state index contributed by atoms with van der Waals surface area (Å²) in [6.45, 7) is 5.10. The molecule has 1 aliphatic rings. The van der Waals surface area contributed by atoms with E-state index in [2.05, 4.69) is 29.5 Å². The predicted octanol–water partition coefficient (Wildman–Crippen LogP) is 2.45. The molecule has 1 aromatic heterocycles. The van der Waals surface area contributed by atoms with E-state index in [1.54, 1.807) is 12.1 Å². The van der Waals surface area contributed by atoms with Crippen LogP contribution in [0.5, 0.6) is 0 Å². The van der Waals surface area contributed by atoms with Crippen molar-refractivity contribution < 1.29 is 4.79 Å². The Balaban J connectivity index is 2.05. The summed E-state index contributed by atoms with van der Waals surface area (Å²) in [6.07, 6.45) is 3.68.